The lowest BCUT2D eigenvalue weighted by Crippen LogP contribution is -2.64. The largest absolute Gasteiger partial charge is 0.504 e. The van der Waals surface area contributed by atoms with Gasteiger partial charge in [0.05, 0.1) is 25.4 Å². The van der Waals surface area contributed by atoms with Crippen molar-refractivity contribution in [2.75, 3.05) is 13.2 Å². The van der Waals surface area contributed by atoms with E-state index in [1.807, 2.05) is 6.92 Å². The number of hydrogen-bond donors (Lipinski definition) is 7. The van der Waals surface area contributed by atoms with Crippen LogP contribution in [0.3, 0.4) is 0 Å². The number of ether oxygens (including phenoxy) is 3. The van der Waals surface area contributed by atoms with E-state index < -0.39 is 79.6 Å². The van der Waals surface area contributed by atoms with E-state index in [9.17, 15) is 35.4 Å². The smallest absolute Gasteiger partial charge is 0.322 e. The predicted molar refractivity (Wildman–Crippen MR) is 92.8 cm³/mol. The second-order valence-electron chi connectivity index (χ2n) is 6.93. The van der Waals surface area contributed by atoms with Crippen molar-refractivity contribution in [1.82, 2.24) is 5.32 Å². The van der Waals surface area contributed by atoms with E-state index in [2.05, 4.69) is 5.32 Å². The number of nitrogens with one attached hydrogen (secondary N) is 1. The van der Waals surface area contributed by atoms with Gasteiger partial charge in [0.25, 0.3) is 0 Å². The number of hydrogen-bond acceptors (Lipinski definition) is 10. The minimum Gasteiger partial charge on any atom is -0.504 e. The molecule has 7 N–H and O–H groups in total. The molecule has 8 atom stereocenters. The summed E-state index contributed by atoms with van der Waals surface area (Å²) in [5.74, 6) is -1.84. The third-order valence-corrected chi connectivity index (χ3v) is 4.82. The average Bonchev–Trinajstić information content (AvgIpc) is 2.66. The van der Waals surface area contributed by atoms with E-state index in [1.54, 1.807) is 0 Å². The summed E-state index contributed by atoms with van der Waals surface area (Å²) < 4.78 is 16.4. The highest BCUT2D eigenvalue weighted by atomic mass is 16.7. The van der Waals surface area contributed by atoms with Gasteiger partial charge in [-0.15, -0.1) is 0 Å². The Morgan fingerprint density at radius 2 is 1.75 bits per heavy atom. The van der Waals surface area contributed by atoms with E-state index in [4.69, 9.17) is 14.2 Å². The Labute approximate surface area is 162 Å². The van der Waals surface area contributed by atoms with Gasteiger partial charge in [0.15, 0.2) is 12.2 Å². The fourth-order valence-corrected chi connectivity index (χ4v) is 3.38. The summed E-state index contributed by atoms with van der Waals surface area (Å²) in [6, 6.07) is -0.847. The van der Waals surface area contributed by atoms with Crippen LogP contribution in [0.1, 0.15) is 26.7 Å². The van der Waals surface area contributed by atoms with E-state index in [0.717, 1.165) is 0 Å². The van der Waals surface area contributed by atoms with Crippen molar-refractivity contribution in [3.63, 3.8) is 0 Å². The van der Waals surface area contributed by atoms with Crippen molar-refractivity contribution in [1.29, 1.82) is 0 Å². The number of carbonyl (C=O) groups excluding carboxylic acids is 1. The molecule has 1 fully saturated rings. The Bertz CT molecular complexity index is 570. The first-order valence-electron chi connectivity index (χ1n) is 9.20. The zero-order valence-electron chi connectivity index (χ0n) is 15.8. The molecule has 0 aliphatic carbocycles. The normalized spacial score (nSPS) is 38.7. The van der Waals surface area contributed by atoms with Crippen molar-refractivity contribution >= 4 is 5.91 Å². The maximum Gasteiger partial charge on any atom is 0.322 e. The molecule has 0 radical (unpaired) electrons. The van der Waals surface area contributed by atoms with Crippen molar-refractivity contribution in [2.45, 2.75) is 75.5 Å². The lowest BCUT2D eigenvalue weighted by molar-refractivity contribution is -0.229. The molecule has 0 saturated carbocycles. The highest BCUT2D eigenvalue weighted by Gasteiger charge is 2.48. The predicted octanol–water partition coefficient (Wildman–Crippen LogP) is -2.36. The molecule has 11 nitrogen and oxygen atoms in total. The summed E-state index contributed by atoms with van der Waals surface area (Å²) in [6.45, 7) is 1.99. The van der Waals surface area contributed by atoms with Crippen molar-refractivity contribution < 1.29 is 49.6 Å². The molecule has 0 aromatic rings. The van der Waals surface area contributed by atoms with Gasteiger partial charge in [-0.1, -0.05) is 13.3 Å². The molecule has 162 valence electrons. The van der Waals surface area contributed by atoms with Crippen LogP contribution in [-0.2, 0) is 19.0 Å². The summed E-state index contributed by atoms with van der Waals surface area (Å²) in [7, 11) is 0. The maximum absolute atomic E-state index is 11.5. The zero-order valence-corrected chi connectivity index (χ0v) is 15.8. The van der Waals surface area contributed by atoms with Crippen LogP contribution in [0.2, 0.25) is 0 Å². The first-order valence-corrected chi connectivity index (χ1v) is 9.20. The lowest BCUT2D eigenvalue weighted by Gasteiger charge is -2.45. The molecule has 11 heteroatoms. The van der Waals surface area contributed by atoms with Crippen LogP contribution in [0.5, 0.6) is 0 Å². The van der Waals surface area contributed by atoms with Crippen LogP contribution in [0.4, 0.5) is 0 Å². The Hall–Kier alpha value is -1.63. The molecule has 1 amide bonds. The molecular formula is C17H29NO10. The topological polar surface area (TPSA) is 178 Å². The average molecular weight is 407 g/mol. The molecule has 5 unspecified atom stereocenters. The fraction of sp³-hybridized carbons (Fsp3) is 0.824. The molecule has 0 aromatic carbocycles. The summed E-state index contributed by atoms with van der Waals surface area (Å²) in [4.78, 5) is 11.5. The Morgan fingerprint density at radius 3 is 2.29 bits per heavy atom. The number of aliphatic hydroxyl groups excluding tert-OH is 6. The second kappa shape index (κ2) is 9.72. The fourth-order valence-electron chi connectivity index (χ4n) is 3.38. The third-order valence-electron chi connectivity index (χ3n) is 4.82. The summed E-state index contributed by atoms with van der Waals surface area (Å²) in [5, 5.41) is 62.0. The van der Waals surface area contributed by atoms with E-state index in [0.29, 0.717) is 12.8 Å². The Balaban J connectivity index is 2.27. The molecular weight excluding hydrogens is 378 g/mol. The quantitative estimate of drug-likeness (QED) is 0.241. The van der Waals surface area contributed by atoms with Gasteiger partial charge in [-0.2, -0.15) is 0 Å². The van der Waals surface area contributed by atoms with Crippen LogP contribution in [0.25, 0.3) is 0 Å². The van der Waals surface area contributed by atoms with Crippen LogP contribution in [0, 0.1) is 0 Å². The van der Waals surface area contributed by atoms with E-state index in [1.165, 1.54) is 6.92 Å². The van der Waals surface area contributed by atoms with Crippen molar-refractivity contribution in [3.05, 3.63) is 11.7 Å². The van der Waals surface area contributed by atoms with Crippen LogP contribution in [-0.4, -0.2) is 98.5 Å². The molecule has 0 aromatic heterocycles. The highest BCUT2D eigenvalue weighted by molar-refractivity contribution is 5.73. The molecule has 0 bridgehead atoms. The zero-order chi connectivity index (χ0) is 21.0. The third kappa shape index (κ3) is 4.67. The van der Waals surface area contributed by atoms with Gasteiger partial charge < -0.3 is 50.2 Å². The number of rotatable bonds is 7. The first-order chi connectivity index (χ1) is 13.2. The number of carbonyl (C=O) groups is 1. The first kappa shape index (κ1) is 22.7. The maximum atomic E-state index is 11.5. The summed E-state index contributed by atoms with van der Waals surface area (Å²) in [5.41, 5.74) is 0. The van der Waals surface area contributed by atoms with Gasteiger partial charge in [0, 0.05) is 6.92 Å². The van der Waals surface area contributed by atoms with Gasteiger partial charge >= 0.3 is 5.95 Å². The minimum atomic E-state index is -1.77. The van der Waals surface area contributed by atoms with E-state index in [-0.39, 0.29) is 0 Å². The number of aliphatic hydroxyl groups is 6. The van der Waals surface area contributed by atoms with Gasteiger partial charge in [-0.3, -0.25) is 4.79 Å². The van der Waals surface area contributed by atoms with Gasteiger partial charge in [-0.05, 0) is 6.42 Å². The molecule has 2 heterocycles. The molecule has 2 aliphatic rings. The Kier molecular flexibility index (Phi) is 7.87. The molecule has 0 spiro atoms. The van der Waals surface area contributed by atoms with Gasteiger partial charge in [0.2, 0.25) is 11.7 Å². The van der Waals surface area contributed by atoms with Crippen molar-refractivity contribution in [2.24, 2.45) is 0 Å². The van der Waals surface area contributed by atoms with Crippen molar-refractivity contribution in [3.8, 4) is 0 Å². The monoisotopic (exact) mass is 407 g/mol. The van der Waals surface area contributed by atoms with Crippen LogP contribution >= 0.6 is 0 Å². The molecule has 2 rings (SSSR count). The van der Waals surface area contributed by atoms with Crippen LogP contribution < -0.4 is 5.32 Å². The summed E-state index contributed by atoms with van der Waals surface area (Å²) >= 11 is 0. The van der Waals surface area contributed by atoms with Gasteiger partial charge in [-0.25, -0.2) is 0 Å². The molecule has 2 aliphatic heterocycles. The standard InChI is InChI=1S/C17H29NO10/c1-3-4-8-11(18-7(2)21)13(23)16(10(6-20)26-8)28-17-15(25)14(24)12(22)9(5-19)27-17/h8-14,16,19-20,22-25H,3-6H2,1-2H3,(H,18,21)/t8-,9?,10?,11?,12-,13?,14?,16+/m0/s1. The van der Waals surface area contributed by atoms with E-state index >= 15 is 0 Å². The summed E-state index contributed by atoms with van der Waals surface area (Å²) in [6.07, 6.45) is -7.62. The van der Waals surface area contributed by atoms with Gasteiger partial charge in [0.1, 0.15) is 24.4 Å². The Morgan fingerprint density at radius 1 is 1.11 bits per heavy atom. The molecule has 28 heavy (non-hydrogen) atoms. The SMILES string of the molecule is CCC[C@@H]1OC(CO)[C@@H](OC2=C(O)C(O)[C@@H](O)C(CO)O2)C(O)C1NC(C)=O. The molecule has 1 saturated heterocycles. The second-order valence-corrected chi connectivity index (χ2v) is 6.93. The lowest BCUT2D eigenvalue weighted by atomic mass is 9.90. The number of amides is 1. The van der Waals surface area contributed by atoms with Crippen LogP contribution in [0.15, 0.2) is 11.7 Å². The highest BCUT2D eigenvalue weighted by Crippen LogP contribution is 2.31. The minimum absolute atomic E-state index is 0.398.